The number of thiophene rings is 1. The molecule has 0 radical (unpaired) electrons. The summed E-state index contributed by atoms with van der Waals surface area (Å²) in [6.45, 7) is 2.05. The van der Waals surface area contributed by atoms with Gasteiger partial charge < -0.3 is 0 Å². The molecule has 0 unspecified atom stereocenters. The molecule has 4 heteroatoms. The zero-order valence-electron chi connectivity index (χ0n) is 4.95. The molecule has 0 spiro atoms. The SMILES string of the molecule is Cc1c[c-]sc1Br.[Zn+][Br]. The molecule has 0 fully saturated rings. The Kier molecular flexibility index (Phi) is 6.88. The van der Waals surface area contributed by atoms with E-state index < -0.39 is 0 Å². The molecular weight excluding hydrogens is 317 g/mol. The van der Waals surface area contributed by atoms with Crippen LogP contribution < -0.4 is 0 Å². The van der Waals surface area contributed by atoms with Gasteiger partial charge in [0, 0.05) is 0 Å². The second kappa shape index (κ2) is 6.02. The van der Waals surface area contributed by atoms with Gasteiger partial charge >= 0.3 is 30.0 Å². The minimum absolute atomic E-state index is 1.19. The van der Waals surface area contributed by atoms with Crippen LogP contribution in [0.25, 0.3) is 0 Å². The Morgan fingerprint density at radius 2 is 2.22 bits per heavy atom. The van der Waals surface area contributed by atoms with E-state index in [9.17, 15) is 0 Å². The maximum absolute atomic E-state index is 3.35. The molecule has 0 saturated carbocycles. The molecule has 1 rings (SSSR count). The molecule has 0 nitrogen and oxygen atoms in total. The van der Waals surface area contributed by atoms with Gasteiger partial charge in [-0.3, -0.25) is 11.3 Å². The average molecular weight is 321 g/mol. The van der Waals surface area contributed by atoms with E-state index >= 15 is 0 Å². The first-order valence-electron chi connectivity index (χ1n) is 2.19. The van der Waals surface area contributed by atoms with Crippen molar-refractivity contribution in [2.24, 2.45) is 0 Å². The van der Waals surface area contributed by atoms with E-state index in [1.54, 1.807) is 11.3 Å². The van der Waals surface area contributed by atoms with Crippen molar-refractivity contribution in [3.63, 3.8) is 0 Å². The van der Waals surface area contributed by atoms with Crippen molar-refractivity contribution in [2.75, 3.05) is 0 Å². The molecule has 1 heterocycles. The van der Waals surface area contributed by atoms with Crippen LogP contribution in [0.5, 0.6) is 0 Å². The first-order valence-corrected chi connectivity index (χ1v) is 10.8. The Hall–Kier alpha value is 1.28. The van der Waals surface area contributed by atoms with Gasteiger partial charge in [0.1, 0.15) is 0 Å². The molecule has 1 aromatic heterocycles. The molecule has 0 amide bonds. The first-order chi connectivity index (χ1) is 4.30. The summed E-state index contributed by atoms with van der Waals surface area (Å²) in [6, 6.07) is 1.97. The van der Waals surface area contributed by atoms with Crippen LogP contribution in [0.1, 0.15) is 5.56 Å². The molecule has 0 aromatic carbocycles. The molecule has 0 N–H and O–H groups in total. The molecule has 0 atom stereocenters. The molecule has 1 aromatic rings. The maximum atomic E-state index is 3.35. The predicted octanol–water partition coefficient (Wildman–Crippen LogP) is 3.46. The van der Waals surface area contributed by atoms with Crippen LogP contribution in [0.2, 0.25) is 0 Å². The molecule has 0 saturated heterocycles. The Balaban J connectivity index is 0.000000291. The van der Waals surface area contributed by atoms with Crippen molar-refractivity contribution in [1.29, 1.82) is 0 Å². The number of aryl methyl sites for hydroxylation is 1. The van der Waals surface area contributed by atoms with Crippen molar-refractivity contribution in [3.8, 4) is 0 Å². The zero-order chi connectivity index (χ0) is 7.28. The fourth-order valence-electron chi connectivity index (χ4n) is 0.307. The van der Waals surface area contributed by atoms with Gasteiger partial charge in [0.25, 0.3) is 0 Å². The summed E-state index contributed by atoms with van der Waals surface area (Å²) in [7, 11) is 0. The number of rotatable bonds is 0. The summed E-state index contributed by atoms with van der Waals surface area (Å²) in [5.41, 5.74) is 1.27. The average Bonchev–Trinajstić information content (AvgIpc) is 2.23. The van der Waals surface area contributed by atoms with E-state index in [0.29, 0.717) is 0 Å². The van der Waals surface area contributed by atoms with E-state index in [4.69, 9.17) is 0 Å². The zero-order valence-corrected chi connectivity index (χ0v) is 11.9. The standard InChI is InChI=1S/C5H4BrS.BrH.Zn/c1-4-2-3-7-5(4)6;;/h2H,1H3;1H;/q-1;;+2/p-1. The summed E-state index contributed by atoms with van der Waals surface area (Å²) < 4.78 is 1.19. The van der Waals surface area contributed by atoms with Crippen molar-refractivity contribution < 1.29 is 16.3 Å². The summed E-state index contributed by atoms with van der Waals surface area (Å²) in [6.07, 6.45) is 0. The van der Waals surface area contributed by atoms with E-state index in [-0.39, 0.29) is 0 Å². The van der Waals surface area contributed by atoms with Crippen molar-refractivity contribution >= 4 is 40.9 Å². The van der Waals surface area contributed by atoms with Gasteiger partial charge in [-0.2, -0.15) is 11.6 Å². The van der Waals surface area contributed by atoms with E-state index in [1.165, 1.54) is 25.7 Å². The molecule has 0 aliphatic heterocycles. The third-order valence-corrected chi connectivity index (χ3v) is 2.58. The Morgan fingerprint density at radius 1 is 1.67 bits per heavy atom. The normalized spacial score (nSPS) is 8.11. The van der Waals surface area contributed by atoms with Crippen LogP contribution in [0.4, 0.5) is 0 Å². The van der Waals surface area contributed by atoms with Crippen molar-refractivity contribution in [2.45, 2.75) is 6.92 Å². The molecule has 0 aliphatic rings. The second-order valence-corrected chi connectivity index (χ2v) is 3.49. The van der Waals surface area contributed by atoms with Gasteiger partial charge in [-0.25, -0.2) is 0 Å². The van der Waals surface area contributed by atoms with Gasteiger partial charge in [-0.05, 0) is 0 Å². The fraction of sp³-hybridized carbons (Fsp3) is 0.200. The quantitative estimate of drug-likeness (QED) is 0.507. The number of hydrogen-bond donors (Lipinski definition) is 0. The number of halogens is 2. The third kappa shape index (κ3) is 3.87. The minimum atomic E-state index is 1.19. The van der Waals surface area contributed by atoms with Crippen LogP contribution in [0, 0.1) is 12.3 Å². The van der Waals surface area contributed by atoms with Gasteiger partial charge in [0.05, 0.1) is 0 Å². The number of hydrogen-bond acceptors (Lipinski definition) is 1. The van der Waals surface area contributed by atoms with Crippen LogP contribution >= 0.6 is 40.9 Å². The molecule has 0 bridgehead atoms. The molecule has 46 valence electrons. The fourth-order valence-corrected chi connectivity index (χ4v) is 1.26. The Labute approximate surface area is 84.2 Å². The van der Waals surface area contributed by atoms with Gasteiger partial charge in [0.2, 0.25) is 0 Å². The van der Waals surface area contributed by atoms with E-state index in [2.05, 4.69) is 41.9 Å². The monoisotopic (exact) mass is 318 g/mol. The molecule has 0 aliphatic carbocycles. The predicted molar refractivity (Wildman–Crippen MR) is 44.5 cm³/mol. The van der Waals surface area contributed by atoms with E-state index in [0.717, 1.165) is 0 Å². The van der Waals surface area contributed by atoms with E-state index in [1.807, 2.05) is 6.07 Å². The second-order valence-electron chi connectivity index (χ2n) is 1.32. The van der Waals surface area contributed by atoms with Crippen LogP contribution in [0.3, 0.4) is 0 Å². The molecular formula is C5H4Br2SZn. The topological polar surface area (TPSA) is 0 Å². The Morgan fingerprint density at radius 3 is 2.33 bits per heavy atom. The van der Waals surface area contributed by atoms with Crippen LogP contribution in [-0.4, -0.2) is 0 Å². The Bertz CT molecular complexity index is 147. The van der Waals surface area contributed by atoms with Crippen LogP contribution in [-0.2, 0) is 16.3 Å². The summed E-state index contributed by atoms with van der Waals surface area (Å²) >= 11 is 9.20. The summed E-state index contributed by atoms with van der Waals surface area (Å²) in [5, 5.41) is 2.99. The van der Waals surface area contributed by atoms with Crippen LogP contribution in [0.15, 0.2) is 9.85 Å². The van der Waals surface area contributed by atoms with Crippen molar-refractivity contribution in [1.82, 2.24) is 0 Å². The first kappa shape index (κ1) is 10.3. The summed E-state index contributed by atoms with van der Waals surface area (Å²) in [4.78, 5) is 0. The van der Waals surface area contributed by atoms with Gasteiger partial charge in [0.15, 0.2) is 0 Å². The summed E-state index contributed by atoms with van der Waals surface area (Å²) in [5.74, 6) is 0. The van der Waals surface area contributed by atoms with Gasteiger partial charge in [-0.15, -0.1) is 21.3 Å². The van der Waals surface area contributed by atoms with Gasteiger partial charge in [-0.1, -0.05) is 10.7 Å². The molecule has 9 heavy (non-hydrogen) atoms. The third-order valence-electron chi connectivity index (χ3n) is 0.734. The van der Waals surface area contributed by atoms with Crippen molar-refractivity contribution in [3.05, 3.63) is 20.8 Å².